The summed E-state index contributed by atoms with van der Waals surface area (Å²) >= 11 is 0. The van der Waals surface area contributed by atoms with Crippen LogP contribution >= 0.6 is 0 Å². The summed E-state index contributed by atoms with van der Waals surface area (Å²) < 4.78 is 30.4. The smallest absolute Gasteiger partial charge is 0.354 e. The zero-order valence-electron chi connectivity index (χ0n) is 37.8. The van der Waals surface area contributed by atoms with Crippen LogP contribution in [0.2, 0.25) is 0 Å². The Morgan fingerprint density at radius 2 is 1.75 bits per heavy atom. The largest absolute Gasteiger partial charge is 0.507 e. The molecule has 10 rings (SSSR count). The molecule has 72 heavy (non-hydrogen) atoms. The van der Waals surface area contributed by atoms with E-state index in [1.165, 1.54) is 12.1 Å². The highest BCUT2D eigenvalue weighted by Gasteiger charge is 2.72. The lowest BCUT2D eigenvalue weighted by Crippen LogP contribution is -2.76. The summed E-state index contributed by atoms with van der Waals surface area (Å²) in [7, 11) is 0. The number of aliphatic hydroxyl groups is 8. The highest BCUT2D eigenvalue weighted by Crippen LogP contribution is 2.54. The van der Waals surface area contributed by atoms with Crippen LogP contribution in [0.15, 0.2) is 86.9 Å². The van der Waals surface area contributed by atoms with Crippen LogP contribution in [-0.4, -0.2) is 157 Å². The number of hydrogen-bond acceptors (Lipinski definition) is 21. The second kappa shape index (κ2) is 17.5. The molecule has 23 nitrogen and oxygen atoms in total. The fourth-order valence-corrected chi connectivity index (χ4v) is 10.4. The number of allylic oxidation sites excluding steroid dienone is 3. The fourth-order valence-electron chi connectivity index (χ4n) is 10.4. The number of rotatable bonds is 7. The summed E-state index contributed by atoms with van der Waals surface area (Å²) in [5, 5.41) is 140. The molecule has 380 valence electrons. The second-order valence-corrected chi connectivity index (χ2v) is 18.7. The maximum Gasteiger partial charge on any atom is 0.354 e. The maximum absolute atomic E-state index is 14.8. The Bertz CT molecular complexity index is 3120. The Hall–Kier alpha value is -6.79. The molecule has 15 N–H and O–H groups in total. The summed E-state index contributed by atoms with van der Waals surface area (Å²) in [5.74, 6) is -10.1. The number of H-pyrrole nitrogens is 1. The van der Waals surface area contributed by atoms with Gasteiger partial charge in [-0.1, -0.05) is 25.0 Å². The van der Waals surface area contributed by atoms with E-state index in [2.05, 4.69) is 21.5 Å². The standard InChI is InChI=1S/C49H49N3O20/c1-20-5-10-51-42-26(20)13-23(19-52-42)27-16-24(15-25-4-2-9-50-25)48(70-32-18-31-34(36(57)33(27)32)28(54)17-30(68-31)22-12-21(6-11-53)35(56)29(55)14-22)40(61)37(58)39(60)46(72-48)7-3-8-47(44(63)64)49(66,67)41(62)38(59)43(71-47)69-45(46)65/h2,4,9,12-14,16-20,27,37-43,50-53,55-62,66-67H,5-7,10-11,15H2,1H3,(H,63,64)/t20-,27+,37-,38+,39-,40+,41+,42?,43-,46-,47+,48-/m0/s1. The zero-order valence-corrected chi connectivity index (χ0v) is 37.8. The third-order valence-corrected chi connectivity index (χ3v) is 14.4. The van der Waals surface area contributed by atoms with Crippen LogP contribution in [0.5, 0.6) is 23.0 Å². The van der Waals surface area contributed by atoms with Crippen LogP contribution in [-0.2, 0) is 36.6 Å². The van der Waals surface area contributed by atoms with Gasteiger partial charge in [0.15, 0.2) is 23.0 Å². The maximum atomic E-state index is 14.8. The van der Waals surface area contributed by atoms with E-state index >= 15 is 0 Å². The Balaban J connectivity index is 1.23. The molecule has 8 heterocycles. The molecule has 6 aliphatic heterocycles. The van der Waals surface area contributed by atoms with Gasteiger partial charge in [0.05, 0.1) is 12.6 Å². The van der Waals surface area contributed by atoms with Crippen molar-refractivity contribution in [3.8, 4) is 46.2 Å². The van der Waals surface area contributed by atoms with Crippen molar-refractivity contribution in [2.45, 2.75) is 104 Å². The molecule has 12 atom stereocenters. The summed E-state index contributed by atoms with van der Waals surface area (Å²) in [6, 6.07) is 7.93. The number of nitrogens with one attached hydrogen (secondary N) is 3. The molecule has 0 aliphatic carbocycles. The predicted octanol–water partition coefficient (Wildman–Crippen LogP) is -1.47. The minimum Gasteiger partial charge on any atom is -0.507 e. The van der Waals surface area contributed by atoms with Crippen molar-refractivity contribution >= 4 is 22.9 Å². The number of aromatic amines is 1. The number of carboxylic acids is 1. The van der Waals surface area contributed by atoms with Crippen LogP contribution < -0.4 is 20.8 Å². The second-order valence-electron chi connectivity index (χ2n) is 18.7. The number of carboxylic acid groups (broad SMARTS) is 1. The first kappa shape index (κ1) is 48.8. The molecule has 0 saturated carbocycles. The van der Waals surface area contributed by atoms with Crippen LogP contribution in [0.3, 0.4) is 0 Å². The molecule has 0 radical (unpaired) electrons. The van der Waals surface area contributed by atoms with Gasteiger partial charge < -0.3 is 94.9 Å². The predicted molar refractivity (Wildman–Crippen MR) is 242 cm³/mol. The van der Waals surface area contributed by atoms with E-state index < -0.39 is 119 Å². The average Bonchev–Trinajstić information content (AvgIpc) is 3.83. The zero-order chi connectivity index (χ0) is 51.4. The first-order valence-corrected chi connectivity index (χ1v) is 22.8. The number of esters is 1. The van der Waals surface area contributed by atoms with Gasteiger partial charge in [-0.3, -0.25) is 10.1 Å². The number of phenolic OH excluding ortho intramolecular Hbond substituents is 3. The Morgan fingerprint density at radius 1 is 0.972 bits per heavy atom. The number of aromatic hydroxyl groups is 3. The number of carbonyl (C=O) groups excluding carboxylic acids is 1. The molecule has 2 spiro atoms. The van der Waals surface area contributed by atoms with Crippen LogP contribution in [0.1, 0.15) is 42.5 Å². The first-order chi connectivity index (χ1) is 34.2. The summed E-state index contributed by atoms with van der Waals surface area (Å²) in [4.78, 5) is 44.9. The highest BCUT2D eigenvalue weighted by atomic mass is 16.8. The van der Waals surface area contributed by atoms with Crippen LogP contribution in [0.25, 0.3) is 22.3 Å². The first-order valence-electron chi connectivity index (χ1n) is 22.8. The number of phenols is 3. The SMILES string of the molecule is C[C@H]1CCNC2NC=C([C@H]3C=C(Cc4ccc[nH]4)[C@]4(Oc5cc6oc(-c7cc(O)c(O)c(CCO)c7)cc(=O)c6c(O)c53)O[C@@]3(CC#C[C@]5(C(=O)O)O[C@H](OC3=O)[C@H](O)[C@@H](O)C5(O)O)[C@@H](O)[C@H](O)[C@H]4O)C=C21. The van der Waals surface area contributed by atoms with Crippen molar-refractivity contribution in [1.29, 1.82) is 0 Å². The van der Waals surface area contributed by atoms with Gasteiger partial charge in [0.25, 0.3) is 11.4 Å². The number of aromatic nitrogens is 1. The number of benzene rings is 2. The van der Waals surface area contributed by atoms with Gasteiger partial charge >= 0.3 is 11.9 Å². The highest BCUT2D eigenvalue weighted by molar-refractivity contribution is 5.90. The van der Waals surface area contributed by atoms with Gasteiger partial charge in [-0.25, -0.2) is 9.59 Å². The lowest BCUT2D eigenvalue weighted by molar-refractivity contribution is -0.394. The summed E-state index contributed by atoms with van der Waals surface area (Å²) in [6.07, 6.45) is -9.94. The van der Waals surface area contributed by atoms with E-state index in [0.717, 1.165) is 30.2 Å². The molecule has 0 amide bonds. The minimum atomic E-state index is -3.86. The van der Waals surface area contributed by atoms with Gasteiger partial charge in [-0.05, 0) is 66.6 Å². The van der Waals surface area contributed by atoms with E-state index in [0.29, 0.717) is 17.8 Å². The van der Waals surface area contributed by atoms with Crippen molar-refractivity contribution in [3.05, 3.63) is 105 Å². The molecule has 23 heteroatoms. The molecular weight excluding hydrogens is 951 g/mol. The lowest BCUT2D eigenvalue weighted by Gasteiger charge is -2.53. The topological polar surface area (TPSA) is 384 Å². The van der Waals surface area contributed by atoms with E-state index in [1.54, 1.807) is 24.5 Å². The van der Waals surface area contributed by atoms with E-state index in [-0.39, 0.29) is 63.9 Å². The summed E-state index contributed by atoms with van der Waals surface area (Å²) in [6.45, 7) is 2.30. The average molecular weight is 1000 g/mol. The lowest BCUT2D eigenvalue weighted by atomic mass is 9.77. The number of aliphatic hydroxyl groups excluding tert-OH is 6. The van der Waals surface area contributed by atoms with E-state index in [4.69, 9.17) is 23.4 Å². The van der Waals surface area contributed by atoms with Gasteiger partial charge in [0, 0.05) is 71.4 Å². The Kier molecular flexibility index (Phi) is 11.8. The van der Waals surface area contributed by atoms with Crippen LogP contribution in [0, 0.1) is 17.8 Å². The monoisotopic (exact) mass is 999 g/mol. The van der Waals surface area contributed by atoms with Gasteiger partial charge in [0.1, 0.15) is 52.6 Å². The van der Waals surface area contributed by atoms with Crippen LogP contribution in [0.4, 0.5) is 0 Å². The molecule has 3 fully saturated rings. The van der Waals surface area contributed by atoms with Gasteiger partial charge in [-0.2, -0.15) is 0 Å². The minimum absolute atomic E-state index is 0.0382. The van der Waals surface area contributed by atoms with Gasteiger partial charge in [0.2, 0.25) is 17.7 Å². The Morgan fingerprint density at radius 3 is 2.47 bits per heavy atom. The van der Waals surface area contributed by atoms with E-state index in [9.17, 15) is 75.7 Å². The molecule has 3 saturated heterocycles. The Labute approximate surface area is 406 Å². The van der Waals surface area contributed by atoms with Crippen molar-refractivity contribution in [2.24, 2.45) is 5.92 Å². The number of dihydropyridines is 1. The third kappa shape index (κ3) is 7.29. The molecule has 1 unspecified atom stereocenters. The molecule has 6 aliphatic rings. The molecule has 2 aromatic carbocycles. The fraction of sp³-hybridized carbons (Fsp3) is 0.408. The molecular formula is C49H49N3O20. The van der Waals surface area contributed by atoms with E-state index in [1.807, 2.05) is 18.9 Å². The van der Waals surface area contributed by atoms with Gasteiger partial charge in [-0.15, -0.1) is 0 Å². The molecule has 2 bridgehead atoms. The van der Waals surface area contributed by atoms with Crippen molar-refractivity contribution in [1.82, 2.24) is 15.6 Å². The number of piperidine rings is 1. The third-order valence-electron chi connectivity index (χ3n) is 14.4. The van der Waals surface area contributed by atoms with Crippen molar-refractivity contribution in [3.63, 3.8) is 0 Å². The summed E-state index contributed by atoms with van der Waals surface area (Å²) in [5.41, 5.74) is -6.12. The normalized spacial score (nSPS) is 33.7. The number of hydrogen-bond donors (Lipinski definition) is 15. The number of fused-ring (bicyclic) bond motifs is 5. The number of ether oxygens (including phenoxy) is 4. The quantitative estimate of drug-likeness (QED) is 0.0330. The number of aliphatic carboxylic acids is 1. The molecule has 2 aromatic heterocycles. The number of carbonyl (C=O) groups is 2. The van der Waals surface area contributed by atoms with Crippen molar-refractivity contribution in [2.75, 3.05) is 13.2 Å². The van der Waals surface area contributed by atoms with Crippen molar-refractivity contribution < 1.29 is 94.2 Å². The molecule has 4 aromatic rings.